The molecule has 2 aromatic rings. The van der Waals surface area contributed by atoms with Gasteiger partial charge < -0.3 is 9.47 Å². The van der Waals surface area contributed by atoms with Crippen LogP contribution in [0.15, 0.2) is 18.2 Å². The van der Waals surface area contributed by atoms with Crippen LogP contribution < -0.4 is 9.47 Å². The Bertz CT molecular complexity index is 613. The molecule has 1 heterocycles. The number of hydrogen-bond donors (Lipinski definition) is 0. The Balaban J connectivity index is 2.19. The molecule has 0 N–H and O–H groups in total. The Kier molecular flexibility index (Phi) is 4.92. The number of nitrogens with zero attached hydrogens (tertiary/aromatic N) is 3. The third kappa shape index (κ3) is 3.91. The fourth-order valence-electron chi connectivity index (χ4n) is 1.26. The van der Waals surface area contributed by atoms with E-state index in [4.69, 9.17) is 32.7 Å². The van der Waals surface area contributed by atoms with Crippen LogP contribution in [-0.4, -0.2) is 21.6 Å². The van der Waals surface area contributed by atoms with Gasteiger partial charge in [-0.05, 0) is 30.2 Å². The van der Waals surface area contributed by atoms with Crippen LogP contribution in [0, 0.1) is 5.82 Å². The summed E-state index contributed by atoms with van der Waals surface area (Å²) in [7, 11) is 0. The van der Waals surface area contributed by atoms with Gasteiger partial charge in [-0.1, -0.05) is 18.5 Å². The van der Waals surface area contributed by atoms with Crippen molar-refractivity contribution in [3.8, 4) is 17.8 Å². The predicted octanol–water partition coefficient (Wildman–Crippen LogP) is 3.90. The van der Waals surface area contributed by atoms with E-state index in [2.05, 4.69) is 15.0 Å². The molecule has 0 atom stereocenters. The molecule has 0 fully saturated rings. The largest absolute Gasteiger partial charge is 0.463 e. The Morgan fingerprint density at radius 2 is 1.90 bits per heavy atom. The first-order valence-electron chi connectivity index (χ1n) is 5.75. The molecular formula is C12H10Cl2FN3O2. The minimum Gasteiger partial charge on any atom is -0.463 e. The van der Waals surface area contributed by atoms with Gasteiger partial charge in [0.25, 0.3) is 0 Å². The Hall–Kier alpha value is -1.66. The van der Waals surface area contributed by atoms with Crippen LogP contribution in [0.1, 0.15) is 13.3 Å². The Morgan fingerprint density at radius 1 is 1.15 bits per heavy atom. The maximum atomic E-state index is 13.3. The van der Waals surface area contributed by atoms with E-state index in [1.165, 1.54) is 12.1 Å². The van der Waals surface area contributed by atoms with Crippen molar-refractivity contribution in [3.63, 3.8) is 0 Å². The SMILES string of the molecule is CCCOc1nc(Cl)nc(Oc2ccc(Cl)c(F)c2)n1. The van der Waals surface area contributed by atoms with E-state index in [0.717, 1.165) is 12.5 Å². The molecule has 0 amide bonds. The second kappa shape index (κ2) is 6.67. The predicted molar refractivity (Wildman–Crippen MR) is 72.1 cm³/mol. The summed E-state index contributed by atoms with van der Waals surface area (Å²) in [6.07, 6.45) is 0.794. The molecule has 0 saturated heterocycles. The van der Waals surface area contributed by atoms with Crippen LogP contribution >= 0.6 is 23.2 Å². The van der Waals surface area contributed by atoms with Gasteiger partial charge in [-0.3, -0.25) is 0 Å². The zero-order chi connectivity index (χ0) is 14.5. The normalized spacial score (nSPS) is 10.4. The topological polar surface area (TPSA) is 57.1 Å². The molecular weight excluding hydrogens is 308 g/mol. The van der Waals surface area contributed by atoms with Crippen molar-refractivity contribution in [2.75, 3.05) is 6.61 Å². The minimum absolute atomic E-state index is 0.00185. The van der Waals surface area contributed by atoms with Crippen molar-refractivity contribution in [3.05, 3.63) is 34.3 Å². The lowest BCUT2D eigenvalue weighted by Gasteiger charge is -2.06. The van der Waals surface area contributed by atoms with Gasteiger partial charge in [0.15, 0.2) is 0 Å². The average Bonchev–Trinajstić information content (AvgIpc) is 2.40. The van der Waals surface area contributed by atoms with Crippen molar-refractivity contribution < 1.29 is 13.9 Å². The highest BCUT2D eigenvalue weighted by molar-refractivity contribution is 6.30. The number of benzene rings is 1. The zero-order valence-electron chi connectivity index (χ0n) is 10.4. The Morgan fingerprint density at radius 3 is 2.60 bits per heavy atom. The number of halogens is 3. The Labute approximate surface area is 124 Å². The summed E-state index contributed by atoms with van der Waals surface area (Å²) in [4.78, 5) is 11.5. The number of aromatic nitrogens is 3. The number of ether oxygens (including phenoxy) is 2. The highest BCUT2D eigenvalue weighted by Gasteiger charge is 2.09. The lowest BCUT2D eigenvalue weighted by molar-refractivity contribution is 0.284. The number of hydrogen-bond acceptors (Lipinski definition) is 5. The first-order chi connectivity index (χ1) is 9.58. The van der Waals surface area contributed by atoms with Crippen molar-refractivity contribution in [1.82, 2.24) is 15.0 Å². The summed E-state index contributed by atoms with van der Waals surface area (Å²) in [6, 6.07) is 3.93. The van der Waals surface area contributed by atoms with Gasteiger partial charge >= 0.3 is 12.0 Å². The maximum Gasteiger partial charge on any atom is 0.329 e. The fourth-order valence-corrected chi connectivity index (χ4v) is 1.53. The molecule has 2 rings (SSSR count). The van der Waals surface area contributed by atoms with E-state index in [-0.39, 0.29) is 28.1 Å². The monoisotopic (exact) mass is 317 g/mol. The summed E-state index contributed by atoms with van der Waals surface area (Å²) in [5.41, 5.74) is 0. The molecule has 1 aromatic carbocycles. The molecule has 0 aliphatic heterocycles. The van der Waals surface area contributed by atoms with E-state index >= 15 is 0 Å². The van der Waals surface area contributed by atoms with Crippen molar-refractivity contribution in [1.29, 1.82) is 0 Å². The van der Waals surface area contributed by atoms with E-state index in [1.807, 2.05) is 6.92 Å². The molecule has 1 aromatic heterocycles. The minimum atomic E-state index is -0.605. The lowest BCUT2D eigenvalue weighted by Crippen LogP contribution is -2.03. The standard InChI is InChI=1S/C12H10Cl2FN3O2/c1-2-5-19-11-16-10(14)17-12(18-11)20-7-3-4-8(13)9(15)6-7/h3-4,6H,2,5H2,1H3. The molecule has 8 heteroatoms. The zero-order valence-corrected chi connectivity index (χ0v) is 12.0. The van der Waals surface area contributed by atoms with Crippen molar-refractivity contribution in [2.45, 2.75) is 13.3 Å². The number of rotatable bonds is 5. The molecule has 0 aliphatic carbocycles. The molecule has 0 aliphatic rings. The second-order valence-corrected chi connectivity index (χ2v) is 4.44. The molecule has 0 spiro atoms. The molecule has 0 radical (unpaired) electrons. The van der Waals surface area contributed by atoms with Crippen LogP contribution in [0.25, 0.3) is 0 Å². The highest BCUT2D eigenvalue weighted by atomic mass is 35.5. The van der Waals surface area contributed by atoms with Crippen LogP contribution in [-0.2, 0) is 0 Å². The molecule has 0 saturated carbocycles. The van der Waals surface area contributed by atoms with Crippen molar-refractivity contribution >= 4 is 23.2 Å². The third-order valence-corrected chi connectivity index (χ3v) is 2.58. The van der Waals surface area contributed by atoms with E-state index in [1.54, 1.807) is 0 Å². The highest BCUT2D eigenvalue weighted by Crippen LogP contribution is 2.24. The molecule has 106 valence electrons. The van der Waals surface area contributed by atoms with Gasteiger partial charge in [-0.25, -0.2) is 4.39 Å². The third-order valence-electron chi connectivity index (χ3n) is 2.10. The first-order valence-corrected chi connectivity index (χ1v) is 6.51. The summed E-state index contributed by atoms with van der Waals surface area (Å²) >= 11 is 11.3. The van der Waals surface area contributed by atoms with Crippen LogP contribution in [0.2, 0.25) is 10.3 Å². The molecule has 20 heavy (non-hydrogen) atoms. The summed E-state index contributed by atoms with van der Waals surface area (Å²) < 4.78 is 23.8. The van der Waals surface area contributed by atoms with Crippen LogP contribution in [0.3, 0.4) is 0 Å². The van der Waals surface area contributed by atoms with Gasteiger partial charge in [0.05, 0.1) is 11.6 Å². The molecule has 0 unspecified atom stereocenters. The lowest BCUT2D eigenvalue weighted by atomic mass is 10.3. The van der Waals surface area contributed by atoms with E-state index in [0.29, 0.717) is 6.61 Å². The second-order valence-electron chi connectivity index (χ2n) is 3.70. The van der Waals surface area contributed by atoms with Crippen LogP contribution in [0.4, 0.5) is 4.39 Å². The smallest absolute Gasteiger partial charge is 0.329 e. The quantitative estimate of drug-likeness (QED) is 0.837. The van der Waals surface area contributed by atoms with Gasteiger partial charge in [-0.2, -0.15) is 9.97 Å². The van der Waals surface area contributed by atoms with Gasteiger partial charge in [0.1, 0.15) is 11.6 Å². The van der Waals surface area contributed by atoms with E-state index < -0.39 is 5.82 Å². The van der Waals surface area contributed by atoms with E-state index in [9.17, 15) is 4.39 Å². The molecule has 5 nitrogen and oxygen atoms in total. The molecule has 0 bridgehead atoms. The summed E-state index contributed by atoms with van der Waals surface area (Å²) in [5, 5.41) is -0.0754. The van der Waals surface area contributed by atoms with Gasteiger partial charge in [0.2, 0.25) is 5.28 Å². The van der Waals surface area contributed by atoms with Crippen molar-refractivity contribution in [2.24, 2.45) is 0 Å². The van der Waals surface area contributed by atoms with Gasteiger partial charge in [0, 0.05) is 6.07 Å². The summed E-state index contributed by atoms with van der Waals surface area (Å²) in [5.74, 6) is -0.414. The van der Waals surface area contributed by atoms with Gasteiger partial charge in [-0.15, -0.1) is 4.98 Å². The summed E-state index contributed by atoms with van der Waals surface area (Å²) in [6.45, 7) is 2.38. The first kappa shape index (κ1) is 14.7. The fraction of sp³-hybridized carbons (Fsp3) is 0.250. The maximum absolute atomic E-state index is 13.3. The average molecular weight is 318 g/mol. The van der Waals surface area contributed by atoms with Crippen LogP contribution in [0.5, 0.6) is 17.8 Å².